The van der Waals surface area contributed by atoms with Crippen LogP contribution in [-0.4, -0.2) is 4.98 Å². The minimum absolute atomic E-state index is 0.189. The van der Waals surface area contributed by atoms with E-state index in [0.29, 0.717) is 17.0 Å². The van der Waals surface area contributed by atoms with Crippen LogP contribution in [0.5, 0.6) is 0 Å². The molecule has 2 aromatic heterocycles. The lowest BCUT2D eigenvalue weighted by Crippen LogP contribution is -2.12. The number of halogens is 1. The Hall–Kier alpha value is -1.84. The summed E-state index contributed by atoms with van der Waals surface area (Å²) >= 11 is 6.09. The van der Waals surface area contributed by atoms with Gasteiger partial charge in [0.05, 0.1) is 11.1 Å². The van der Waals surface area contributed by atoms with Gasteiger partial charge in [0.2, 0.25) is 0 Å². The van der Waals surface area contributed by atoms with Crippen LogP contribution in [0.4, 0.5) is 0 Å². The van der Waals surface area contributed by atoms with Crippen molar-refractivity contribution < 1.29 is 4.42 Å². The lowest BCUT2D eigenvalue weighted by Gasteiger charge is -2.08. The molecule has 0 aliphatic rings. The Balaban J connectivity index is 1.89. The monoisotopic (exact) mass is 272 g/mol. The molecule has 0 aliphatic heterocycles. The van der Waals surface area contributed by atoms with E-state index in [4.69, 9.17) is 21.8 Å². The van der Waals surface area contributed by atoms with Crippen LogP contribution in [0.15, 0.2) is 53.2 Å². The first-order valence-corrected chi connectivity index (χ1v) is 6.44. The van der Waals surface area contributed by atoms with Crippen LogP contribution in [0.25, 0.3) is 11.0 Å². The maximum absolute atomic E-state index is 6.18. The second kappa shape index (κ2) is 5.03. The van der Waals surface area contributed by atoms with Gasteiger partial charge in [-0.2, -0.15) is 0 Å². The van der Waals surface area contributed by atoms with Crippen molar-refractivity contribution in [3.8, 4) is 0 Å². The lowest BCUT2D eigenvalue weighted by molar-refractivity contribution is 0.494. The lowest BCUT2D eigenvalue weighted by atomic mass is 10.1. The van der Waals surface area contributed by atoms with Crippen LogP contribution in [0, 0.1) is 0 Å². The molecule has 3 nitrogen and oxygen atoms in total. The van der Waals surface area contributed by atoms with Crippen molar-refractivity contribution >= 4 is 22.6 Å². The normalized spacial score (nSPS) is 12.7. The number of pyridine rings is 1. The van der Waals surface area contributed by atoms with E-state index in [9.17, 15) is 0 Å². The first-order chi connectivity index (χ1) is 9.24. The quantitative estimate of drug-likeness (QED) is 0.790. The highest BCUT2D eigenvalue weighted by Crippen LogP contribution is 2.29. The van der Waals surface area contributed by atoms with E-state index < -0.39 is 0 Å². The average Bonchev–Trinajstić information content (AvgIpc) is 2.85. The van der Waals surface area contributed by atoms with Crippen LogP contribution in [-0.2, 0) is 6.42 Å². The van der Waals surface area contributed by atoms with Crippen LogP contribution in [0.3, 0.4) is 0 Å². The Morgan fingerprint density at radius 3 is 2.74 bits per heavy atom. The summed E-state index contributed by atoms with van der Waals surface area (Å²) in [7, 11) is 0. The van der Waals surface area contributed by atoms with Crippen LogP contribution >= 0.6 is 11.6 Å². The van der Waals surface area contributed by atoms with Crippen molar-refractivity contribution in [1.82, 2.24) is 4.98 Å². The molecule has 4 heteroatoms. The number of fused-ring (bicyclic) bond motifs is 1. The first kappa shape index (κ1) is 12.2. The van der Waals surface area contributed by atoms with E-state index >= 15 is 0 Å². The van der Waals surface area contributed by atoms with Gasteiger partial charge in [0.25, 0.3) is 0 Å². The molecule has 0 fully saturated rings. The van der Waals surface area contributed by atoms with Gasteiger partial charge in [0, 0.05) is 17.8 Å². The van der Waals surface area contributed by atoms with E-state index in [-0.39, 0.29) is 6.04 Å². The predicted molar refractivity (Wildman–Crippen MR) is 76.1 cm³/mol. The molecule has 1 unspecified atom stereocenters. The zero-order chi connectivity index (χ0) is 13.2. The summed E-state index contributed by atoms with van der Waals surface area (Å²) in [6, 6.07) is 11.3. The highest BCUT2D eigenvalue weighted by atomic mass is 35.5. The maximum Gasteiger partial charge on any atom is 0.152 e. The highest BCUT2D eigenvalue weighted by molar-refractivity contribution is 6.34. The molecule has 3 rings (SSSR count). The largest absolute Gasteiger partial charge is 0.458 e. The molecule has 19 heavy (non-hydrogen) atoms. The topological polar surface area (TPSA) is 52.0 Å². The summed E-state index contributed by atoms with van der Waals surface area (Å²) in [6.07, 6.45) is 4.23. The molecule has 0 saturated heterocycles. The number of para-hydroxylation sites is 1. The number of hydrogen-bond acceptors (Lipinski definition) is 3. The van der Waals surface area contributed by atoms with Gasteiger partial charge in [-0.15, -0.1) is 0 Å². The molecule has 0 radical (unpaired) electrons. The summed E-state index contributed by atoms with van der Waals surface area (Å²) < 4.78 is 5.76. The fourth-order valence-electron chi connectivity index (χ4n) is 2.10. The smallest absolute Gasteiger partial charge is 0.152 e. The van der Waals surface area contributed by atoms with E-state index in [0.717, 1.165) is 16.7 Å². The maximum atomic E-state index is 6.18. The van der Waals surface area contributed by atoms with Crippen molar-refractivity contribution in [2.45, 2.75) is 12.5 Å². The fraction of sp³-hybridized carbons (Fsp3) is 0.133. The molecule has 2 heterocycles. The number of furan rings is 1. The van der Waals surface area contributed by atoms with E-state index in [1.807, 2.05) is 36.4 Å². The SMILES string of the molecule is NC(Cc1ccncc1)c1cc2cccc(Cl)c2o1. The molecule has 96 valence electrons. The molecule has 1 atom stereocenters. The molecule has 1 aromatic carbocycles. The second-order valence-electron chi connectivity index (χ2n) is 4.47. The number of nitrogens with zero attached hydrogens (tertiary/aromatic N) is 1. The van der Waals surface area contributed by atoms with Gasteiger partial charge in [-0.1, -0.05) is 23.7 Å². The van der Waals surface area contributed by atoms with Gasteiger partial charge in [-0.05, 0) is 36.2 Å². The van der Waals surface area contributed by atoms with Gasteiger partial charge in [0.15, 0.2) is 5.58 Å². The standard InChI is InChI=1S/C15H13ClN2O/c16-12-3-1-2-11-9-14(19-15(11)12)13(17)8-10-4-6-18-7-5-10/h1-7,9,13H,8,17H2. The van der Waals surface area contributed by atoms with E-state index in [1.165, 1.54) is 0 Å². The molecule has 0 bridgehead atoms. The third-order valence-corrected chi connectivity index (χ3v) is 3.38. The minimum atomic E-state index is -0.189. The Morgan fingerprint density at radius 2 is 2.00 bits per heavy atom. The van der Waals surface area contributed by atoms with Crippen LogP contribution in [0.1, 0.15) is 17.4 Å². The predicted octanol–water partition coefficient (Wildman–Crippen LogP) is 3.72. The third-order valence-electron chi connectivity index (χ3n) is 3.09. The van der Waals surface area contributed by atoms with Gasteiger partial charge >= 0.3 is 0 Å². The number of aromatic nitrogens is 1. The minimum Gasteiger partial charge on any atom is -0.458 e. The molecular weight excluding hydrogens is 260 g/mol. The van der Waals surface area contributed by atoms with Crippen molar-refractivity contribution in [1.29, 1.82) is 0 Å². The molecule has 2 N–H and O–H groups in total. The molecular formula is C15H13ClN2O. The van der Waals surface area contributed by atoms with Gasteiger partial charge < -0.3 is 10.2 Å². The van der Waals surface area contributed by atoms with Crippen LogP contribution < -0.4 is 5.73 Å². The van der Waals surface area contributed by atoms with E-state index in [2.05, 4.69) is 4.98 Å². The van der Waals surface area contributed by atoms with E-state index in [1.54, 1.807) is 12.4 Å². The van der Waals surface area contributed by atoms with Crippen LogP contribution in [0.2, 0.25) is 5.02 Å². The summed E-state index contributed by atoms with van der Waals surface area (Å²) in [5, 5.41) is 1.59. The molecule has 0 amide bonds. The second-order valence-corrected chi connectivity index (χ2v) is 4.88. The molecule has 0 saturated carbocycles. The summed E-state index contributed by atoms with van der Waals surface area (Å²) in [5.41, 5.74) is 8.02. The Kier molecular flexibility index (Phi) is 3.23. The number of nitrogens with two attached hydrogens (primary N) is 1. The number of rotatable bonds is 3. The zero-order valence-corrected chi connectivity index (χ0v) is 11.0. The number of hydrogen-bond donors (Lipinski definition) is 1. The Labute approximate surface area is 116 Å². The summed E-state index contributed by atoms with van der Waals surface area (Å²) in [5.74, 6) is 0.750. The summed E-state index contributed by atoms with van der Waals surface area (Å²) in [4.78, 5) is 3.99. The van der Waals surface area contributed by atoms with Gasteiger partial charge in [-0.3, -0.25) is 4.98 Å². The first-order valence-electron chi connectivity index (χ1n) is 6.06. The Morgan fingerprint density at radius 1 is 1.21 bits per heavy atom. The van der Waals surface area contributed by atoms with Gasteiger partial charge in [-0.25, -0.2) is 0 Å². The van der Waals surface area contributed by atoms with Crippen molar-refractivity contribution in [3.63, 3.8) is 0 Å². The van der Waals surface area contributed by atoms with Crippen molar-refractivity contribution in [2.75, 3.05) is 0 Å². The van der Waals surface area contributed by atoms with Crippen molar-refractivity contribution in [3.05, 3.63) is 65.1 Å². The highest BCUT2D eigenvalue weighted by Gasteiger charge is 2.14. The average molecular weight is 273 g/mol. The fourth-order valence-corrected chi connectivity index (χ4v) is 2.32. The Bertz CT molecular complexity index is 694. The summed E-state index contributed by atoms with van der Waals surface area (Å²) in [6.45, 7) is 0. The number of benzene rings is 1. The molecule has 0 aliphatic carbocycles. The third kappa shape index (κ3) is 2.48. The molecule has 0 spiro atoms. The molecule has 3 aromatic rings. The van der Waals surface area contributed by atoms with Gasteiger partial charge in [0.1, 0.15) is 5.76 Å². The van der Waals surface area contributed by atoms with Crippen molar-refractivity contribution in [2.24, 2.45) is 5.73 Å². The zero-order valence-electron chi connectivity index (χ0n) is 10.2.